The molecule has 4 aromatic rings. The number of methoxy groups -OCH3 is 1. The van der Waals surface area contributed by atoms with Crippen molar-refractivity contribution >= 4 is 33.2 Å². The Hall–Kier alpha value is -5.27. The molecule has 46 heavy (non-hydrogen) atoms. The van der Waals surface area contributed by atoms with Crippen LogP contribution in [0.2, 0.25) is 0 Å². The van der Waals surface area contributed by atoms with Gasteiger partial charge in [0.05, 0.1) is 46.7 Å². The van der Waals surface area contributed by atoms with Crippen LogP contribution in [0, 0.1) is 28.1 Å². The van der Waals surface area contributed by atoms with Gasteiger partial charge in [0.15, 0.2) is 5.54 Å². The molecule has 1 aliphatic heterocycles. The lowest BCUT2D eigenvalue weighted by Crippen LogP contribution is -2.52. The van der Waals surface area contributed by atoms with Gasteiger partial charge in [-0.1, -0.05) is 32.9 Å². The number of nitrogens with one attached hydrogen (secondary N) is 4. The molecule has 1 atom stereocenters. The van der Waals surface area contributed by atoms with Gasteiger partial charge < -0.3 is 20.8 Å². The van der Waals surface area contributed by atoms with Gasteiger partial charge in [-0.2, -0.15) is 23.7 Å². The minimum atomic E-state index is -4.43. The summed E-state index contributed by atoms with van der Waals surface area (Å²) >= 11 is 0. The van der Waals surface area contributed by atoms with Crippen LogP contribution >= 0.6 is 0 Å². The van der Waals surface area contributed by atoms with Crippen molar-refractivity contribution < 1.29 is 17.9 Å². The number of nitrogens with zero attached hydrogens (tertiary/aromatic N) is 5. The predicted molar refractivity (Wildman–Crippen MR) is 168 cm³/mol. The zero-order valence-corrected chi connectivity index (χ0v) is 25.7. The summed E-state index contributed by atoms with van der Waals surface area (Å²) in [5.41, 5.74) is 7.42. The standard InChI is InChI=1S/C33H32F3N9O/c1-31(2,3)18-40-29-20(15-38)16-39-28-19(14-37)12-21(13-24(28)29)41-30(23-6-5-7-25-22(23)8-9-27(42-25)46-4)26-17-45(44-43-26)32(10-11-32)33(34,35)36/h5-9,12-13,16-17,30,41,43-44H,10-11,18H2,1-4H3,(H,39,40)/t30-/m0/s1. The first kappa shape index (κ1) is 30.7. The van der Waals surface area contributed by atoms with Crippen LogP contribution in [-0.4, -0.2) is 40.3 Å². The molecule has 4 N–H and O–H groups in total. The number of ether oxygens (including phenoxy) is 1. The Morgan fingerprint density at radius 3 is 2.48 bits per heavy atom. The number of pyridine rings is 2. The summed E-state index contributed by atoms with van der Waals surface area (Å²) in [6, 6.07) is 16.2. The summed E-state index contributed by atoms with van der Waals surface area (Å²) in [4.78, 5) is 8.98. The van der Waals surface area contributed by atoms with Crippen molar-refractivity contribution in [2.75, 3.05) is 24.3 Å². The maximum absolute atomic E-state index is 14.1. The molecule has 13 heteroatoms. The Morgan fingerprint density at radius 2 is 1.83 bits per heavy atom. The molecule has 0 amide bonds. The smallest absolute Gasteiger partial charge is 0.413 e. The van der Waals surface area contributed by atoms with Gasteiger partial charge in [0, 0.05) is 41.5 Å². The highest BCUT2D eigenvalue weighted by molar-refractivity contribution is 5.99. The van der Waals surface area contributed by atoms with Crippen molar-refractivity contribution in [1.29, 1.82) is 10.5 Å². The molecule has 0 unspecified atom stereocenters. The Labute approximate surface area is 263 Å². The Bertz CT molecular complexity index is 1950. The van der Waals surface area contributed by atoms with Crippen molar-refractivity contribution in [1.82, 2.24) is 25.9 Å². The molecule has 10 nitrogen and oxygen atoms in total. The van der Waals surface area contributed by atoms with E-state index in [1.807, 2.05) is 24.3 Å². The first-order chi connectivity index (χ1) is 21.9. The topological polar surface area (TPSA) is 134 Å². The number of nitriles is 2. The Balaban J connectivity index is 1.50. The minimum Gasteiger partial charge on any atom is -0.481 e. The normalized spacial score (nSPS) is 16.3. The molecule has 3 heterocycles. The fourth-order valence-corrected chi connectivity index (χ4v) is 5.60. The van der Waals surface area contributed by atoms with Crippen LogP contribution in [0.4, 0.5) is 24.5 Å². The summed E-state index contributed by atoms with van der Waals surface area (Å²) in [6.07, 6.45) is -1.60. The molecule has 1 saturated carbocycles. The molecule has 0 radical (unpaired) electrons. The lowest BCUT2D eigenvalue weighted by atomic mass is 9.96. The van der Waals surface area contributed by atoms with Crippen LogP contribution in [0.15, 0.2) is 60.6 Å². The number of benzene rings is 2. The number of rotatable bonds is 8. The van der Waals surface area contributed by atoms with Crippen LogP contribution in [0.1, 0.15) is 56.3 Å². The van der Waals surface area contributed by atoms with E-state index in [2.05, 4.69) is 64.5 Å². The molecule has 2 aromatic heterocycles. The molecule has 1 fully saturated rings. The number of hydrogen-bond acceptors (Lipinski definition) is 10. The van der Waals surface area contributed by atoms with Crippen molar-refractivity contribution in [3.8, 4) is 18.0 Å². The van der Waals surface area contributed by atoms with E-state index in [-0.39, 0.29) is 23.8 Å². The van der Waals surface area contributed by atoms with Crippen LogP contribution < -0.4 is 26.3 Å². The Morgan fingerprint density at radius 1 is 1.07 bits per heavy atom. The average molecular weight is 628 g/mol. The molecule has 2 aromatic carbocycles. The van der Waals surface area contributed by atoms with E-state index in [0.29, 0.717) is 51.5 Å². The second-order valence-electron chi connectivity index (χ2n) is 12.7. The number of fused-ring (bicyclic) bond motifs is 2. The number of aromatic nitrogens is 2. The molecule has 1 aliphatic carbocycles. The third-order valence-corrected chi connectivity index (χ3v) is 8.19. The quantitative estimate of drug-likeness (QED) is 0.174. The third-order valence-electron chi connectivity index (χ3n) is 8.19. The van der Waals surface area contributed by atoms with Gasteiger partial charge in [0.1, 0.15) is 12.1 Å². The maximum Gasteiger partial charge on any atom is 0.413 e. The summed E-state index contributed by atoms with van der Waals surface area (Å²) in [6.45, 7) is 6.74. The molecular formula is C33H32F3N9O. The molecule has 0 spiro atoms. The molecular weight excluding hydrogens is 595 g/mol. The third kappa shape index (κ3) is 5.54. The van der Waals surface area contributed by atoms with E-state index < -0.39 is 17.8 Å². The van der Waals surface area contributed by atoms with Gasteiger partial charge in [-0.15, -0.1) is 5.53 Å². The molecule has 236 valence electrons. The van der Waals surface area contributed by atoms with Crippen LogP contribution in [-0.2, 0) is 0 Å². The lowest BCUT2D eigenvalue weighted by Gasteiger charge is -2.28. The summed E-state index contributed by atoms with van der Waals surface area (Å²) in [5.74, 6) is 0.422. The second-order valence-corrected chi connectivity index (χ2v) is 12.7. The fraction of sp³-hybridized carbons (Fsp3) is 0.333. The van der Waals surface area contributed by atoms with Crippen molar-refractivity contribution in [3.05, 3.63) is 77.2 Å². The van der Waals surface area contributed by atoms with E-state index in [0.717, 1.165) is 16.0 Å². The van der Waals surface area contributed by atoms with Crippen LogP contribution in [0.25, 0.3) is 21.8 Å². The highest BCUT2D eigenvalue weighted by Crippen LogP contribution is 2.54. The van der Waals surface area contributed by atoms with Gasteiger partial charge in [-0.3, -0.25) is 9.99 Å². The largest absolute Gasteiger partial charge is 0.481 e. The number of hydrogen-bond donors (Lipinski definition) is 4. The zero-order chi connectivity index (χ0) is 32.9. The van der Waals surface area contributed by atoms with E-state index in [4.69, 9.17) is 4.74 Å². The molecule has 6 rings (SSSR count). The van der Waals surface area contributed by atoms with Gasteiger partial charge in [-0.05, 0) is 48.1 Å². The van der Waals surface area contributed by atoms with Crippen molar-refractivity contribution in [2.45, 2.75) is 51.4 Å². The maximum atomic E-state index is 14.1. The highest BCUT2D eigenvalue weighted by Gasteiger charge is 2.67. The molecule has 0 saturated heterocycles. The first-order valence-electron chi connectivity index (χ1n) is 14.7. The van der Waals surface area contributed by atoms with Gasteiger partial charge >= 0.3 is 6.18 Å². The van der Waals surface area contributed by atoms with Gasteiger partial charge in [0.2, 0.25) is 5.88 Å². The lowest BCUT2D eigenvalue weighted by molar-refractivity contribution is -0.195. The van der Waals surface area contributed by atoms with E-state index in [9.17, 15) is 23.7 Å². The number of alkyl halides is 3. The highest BCUT2D eigenvalue weighted by atomic mass is 19.4. The van der Waals surface area contributed by atoms with Crippen LogP contribution in [0.5, 0.6) is 5.88 Å². The van der Waals surface area contributed by atoms with Gasteiger partial charge in [-0.25, -0.2) is 4.98 Å². The summed E-state index contributed by atoms with van der Waals surface area (Å²) < 4.78 is 47.5. The second kappa shape index (κ2) is 11.3. The van der Waals surface area contributed by atoms with Crippen molar-refractivity contribution in [3.63, 3.8) is 0 Å². The zero-order valence-electron chi connectivity index (χ0n) is 25.7. The van der Waals surface area contributed by atoms with E-state index in [1.54, 1.807) is 18.2 Å². The number of anilines is 2. The molecule has 2 aliphatic rings. The van der Waals surface area contributed by atoms with Crippen LogP contribution in [0.3, 0.4) is 0 Å². The SMILES string of the molecule is COc1ccc2c([C@H](Nc3cc(C#N)c4ncc(C#N)c(NCC(C)(C)C)c4c3)C3=CN(C4(C(F)(F)F)CC4)NN3)cccc2n1. The van der Waals surface area contributed by atoms with E-state index in [1.165, 1.54) is 19.5 Å². The first-order valence-corrected chi connectivity index (χ1v) is 14.7. The Kier molecular flexibility index (Phi) is 7.53. The molecule has 0 bridgehead atoms. The average Bonchev–Trinajstić information content (AvgIpc) is 3.72. The monoisotopic (exact) mass is 627 g/mol. The number of hydrazine groups is 2. The minimum absolute atomic E-state index is 0.0280. The van der Waals surface area contributed by atoms with Gasteiger partial charge in [0.25, 0.3) is 0 Å². The summed E-state index contributed by atoms with van der Waals surface area (Å²) in [5, 5.41) is 29.3. The van der Waals surface area contributed by atoms with E-state index >= 15 is 0 Å². The number of halogens is 3. The fourth-order valence-electron chi connectivity index (χ4n) is 5.60. The van der Waals surface area contributed by atoms with Crippen molar-refractivity contribution in [2.24, 2.45) is 5.41 Å². The summed E-state index contributed by atoms with van der Waals surface area (Å²) in [7, 11) is 1.52. The predicted octanol–water partition coefficient (Wildman–Crippen LogP) is 6.41.